The molecule has 5 rings (SSSR count). The first kappa shape index (κ1) is 12.7. The highest BCUT2D eigenvalue weighted by Gasteiger charge is 2.24. The number of nitrogens with one attached hydrogen (secondary N) is 1. The first-order chi connectivity index (χ1) is 11.3. The van der Waals surface area contributed by atoms with Gasteiger partial charge in [0.15, 0.2) is 22.8 Å². The number of fused-ring (bicyclic) bond motifs is 2. The molecule has 1 saturated carbocycles. The standard InChI is InChI=1S/C16H14N4O3/c21-16-19-14-15(20(16)7-9-1-2-9)17-6-11(18-14)10-3-4-12-13(5-10)23-8-22-12/h3-6,9H,1-2,7-8H2,(H,18,19,21). The Balaban J connectivity index is 1.59. The molecule has 0 radical (unpaired) electrons. The number of aromatic amines is 1. The molecule has 3 aromatic rings. The van der Waals surface area contributed by atoms with Crippen LogP contribution in [0.4, 0.5) is 0 Å². The number of hydrogen-bond acceptors (Lipinski definition) is 5. The van der Waals surface area contributed by atoms with E-state index in [1.165, 1.54) is 12.8 Å². The summed E-state index contributed by atoms with van der Waals surface area (Å²) < 4.78 is 12.4. The number of aromatic nitrogens is 4. The number of H-pyrrole nitrogens is 1. The maximum absolute atomic E-state index is 12.1. The Labute approximate surface area is 130 Å². The SMILES string of the molecule is O=c1[nH]c2nc(-c3ccc4c(c3)OCO4)cnc2n1CC1CC1. The van der Waals surface area contributed by atoms with E-state index in [2.05, 4.69) is 15.0 Å². The molecule has 23 heavy (non-hydrogen) atoms. The van der Waals surface area contributed by atoms with E-state index in [0.29, 0.717) is 28.7 Å². The van der Waals surface area contributed by atoms with Crippen molar-refractivity contribution in [2.24, 2.45) is 5.92 Å². The van der Waals surface area contributed by atoms with E-state index in [4.69, 9.17) is 9.47 Å². The van der Waals surface area contributed by atoms with Gasteiger partial charge in [-0.2, -0.15) is 0 Å². The topological polar surface area (TPSA) is 82.0 Å². The van der Waals surface area contributed by atoms with Gasteiger partial charge in [-0.1, -0.05) is 0 Å². The van der Waals surface area contributed by atoms with Crippen LogP contribution in [0.3, 0.4) is 0 Å². The van der Waals surface area contributed by atoms with Gasteiger partial charge in [0.05, 0.1) is 11.9 Å². The third kappa shape index (κ3) is 2.08. The summed E-state index contributed by atoms with van der Waals surface area (Å²) in [6, 6.07) is 5.63. The zero-order valence-corrected chi connectivity index (χ0v) is 12.3. The van der Waals surface area contributed by atoms with Crippen molar-refractivity contribution in [1.29, 1.82) is 0 Å². The molecular weight excluding hydrogens is 296 g/mol. The molecule has 3 heterocycles. The highest BCUT2D eigenvalue weighted by atomic mass is 16.7. The van der Waals surface area contributed by atoms with Crippen LogP contribution in [0.2, 0.25) is 0 Å². The van der Waals surface area contributed by atoms with E-state index < -0.39 is 0 Å². The number of ether oxygens (including phenoxy) is 2. The lowest BCUT2D eigenvalue weighted by Gasteiger charge is -2.03. The van der Waals surface area contributed by atoms with Crippen molar-refractivity contribution in [2.75, 3.05) is 6.79 Å². The summed E-state index contributed by atoms with van der Waals surface area (Å²) in [4.78, 5) is 23.9. The van der Waals surface area contributed by atoms with Gasteiger partial charge in [0.25, 0.3) is 0 Å². The zero-order valence-electron chi connectivity index (χ0n) is 12.3. The van der Waals surface area contributed by atoms with Gasteiger partial charge < -0.3 is 9.47 Å². The Kier molecular flexibility index (Phi) is 2.53. The van der Waals surface area contributed by atoms with Gasteiger partial charge in [0.2, 0.25) is 6.79 Å². The Hall–Kier alpha value is -2.83. The second-order valence-electron chi connectivity index (χ2n) is 5.98. The molecule has 7 nitrogen and oxygen atoms in total. The van der Waals surface area contributed by atoms with Crippen LogP contribution in [0.5, 0.6) is 11.5 Å². The average Bonchev–Trinajstić information content (AvgIpc) is 3.16. The van der Waals surface area contributed by atoms with Crippen LogP contribution in [-0.2, 0) is 6.54 Å². The molecule has 0 amide bonds. The van der Waals surface area contributed by atoms with Gasteiger partial charge in [-0.3, -0.25) is 9.55 Å². The summed E-state index contributed by atoms with van der Waals surface area (Å²) in [7, 11) is 0. The fourth-order valence-corrected chi connectivity index (χ4v) is 2.85. The quantitative estimate of drug-likeness (QED) is 0.799. The lowest BCUT2D eigenvalue weighted by Crippen LogP contribution is -2.17. The molecule has 0 bridgehead atoms. The van der Waals surface area contributed by atoms with Gasteiger partial charge in [-0.15, -0.1) is 0 Å². The fraction of sp³-hybridized carbons (Fsp3) is 0.312. The normalized spacial score (nSPS) is 16.2. The molecule has 116 valence electrons. The van der Waals surface area contributed by atoms with Gasteiger partial charge in [0, 0.05) is 12.1 Å². The number of rotatable bonds is 3. The summed E-state index contributed by atoms with van der Waals surface area (Å²) in [5.74, 6) is 2.03. The van der Waals surface area contributed by atoms with E-state index in [1.807, 2.05) is 18.2 Å². The molecule has 0 atom stereocenters. The average molecular weight is 310 g/mol. The predicted octanol–water partition coefficient (Wildman–Crippen LogP) is 1.93. The maximum Gasteiger partial charge on any atom is 0.328 e. The van der Waals surface area contributed by atoms with Crippen LogP contribution in [0.25, 0.3) is 22.6 Å². The number of hydrogen-bond donors (Lipinski definition) is 1. The van der Waals surface area contributed by atoms with Crippen LogP contribution in [0.1, 0.15) is 12.8 Å². The third-order valence-corrected chi connectivity index (χ3v) is 4.29. The fourth-order valence-electron chi connectivity index (χ4n) is 2.85. The van der Waals surface area contributed by atoms with Crippen LogP contribution < -0.4 is 15.2 Å². The smallest absolute Gasteiger partial charge is 0.328 e. The molecule has 1 aromatic carbocycles. The van der Waals surface area contributed by atoms with Crippen molar-refractivity contribution in [3.8, 4) is 22.8 Å². The molecule has 2 aromatic heterocycles. The second-order valence-corrected chi connectivity index (χ2v) is 5.98. The van der Waals surface area contributed by atoms with Gasteiger partial charge >= 0.3 is 5.69 Å². The largest absolute Gasteiger partial charge is 0.454 e. The highest BCUT2D eigenvalue weighted by Crippen LogP contribution is 2.35. The van der Waals surface area contributed by atoms with E-state index in [9.17, 15) is 4.79 Å². The zero-order chi connectivity index (χ0) is 15.4. The molecule has 1 aliphatic heterocycles. The molecule has 0 unspecified atom stereocenters. The van der Waals surface area contributed by atoms with Gasteiger partial charge in [-0.25, -0.2) is 14.8 Å². The molecule has 1 aliphatic carbocycles. The highest BCUT2D eigenvalue weighted by molar-refractivity contribution is 5.72. The number of imidazole rings is 1. The van der Waals surface area contributed by atoms with E-state index in [-0.39, 0.29) is 12.5 Å². The monoisotopic (exact) mass is 310 g/mol. The summed E-state index contributed by atoms with van der Waals surface area (Å²) in [6.45, 7) is 0.956. The first-order valence-electron chi connectivity index (χ1n) is 7.63. The minimum atomic E-state index is -0.144. The summed E-state index contributed by atoms with van der Waals surface area (Å²) in [5.41, 5.74) is 2.56. The Morgan fingerprint density at radius 3 is 3.00 bits per heavy atom. The Morgan fingerprint density at radius 2 is 2.13 bits per heavy atom. The predicted molar refractivity (Wildman–Crippen MR) is 82.4 cm³/mol. The minimum Gasteiger partial charge on any atom is -0.454 e. The van der Waals surface area contributed by atoms with Crippen molar-refractivity contribution >= 4 is 11.3 Å². The van der Waals surface area contributed by atoms with Crippen molar-refractivity contribution in [2.45, 2.75) is 19.4 Å². The van der Waals surface area contributed by atoms with Crippen LogP contribution in [-0.4, -0.2) is 26.3 Å². The van der Waals surface area contributed by atoms with Crippen molar-refractivity contribution in [1.82, 2.24) is 19.5 Å². The van der Waals surface area contributed by atoms with Crippen molar-refractivity contribution in [3.05, 3.63) is 34.9 Å². The minimum absolute atomic E-state index is 0.144. The molecule has 2 aliphatic rings. The molecule has 1 fully saturated rings. The van der Waals surface area contributed by atoms with E-state index in [0.717, 1.165) is 17.9 Å². The summed E-state index contributed by atoms with van der Waals surface area (Å²) >= 11 is 0. The van der Waals surface area contributed by atoms with E-state index in [1.54, 1.807) is 10.8 Å². The number of benzene rings is 1. The van der Waals surface area contributed by atoms with Gasteiger partial charge in [0.1, 0.15) is 0 Å². The molecule has 0 spiro atoms. The Morgan fingerprint density at radius 1 is 1.26 bits per heavy atom. The summed E-state index contributed by atoms with van der Waals surface area (Å²) in [6.07, 6.45) is 4.06. The molecule has 0 saturated heterocycles. The van der Waals surface area contributed by atoms with Crippen LogP contribution in [0, 0.1) is 5.92 Å². The van der Waals surface area contributed by atoms with Crippen molar-refractivity contribution < 1.29 is 9.47 Å². The maximum atomic E-state index is 12.1. The number of nitrogens with zero attached hydrogens (tertiary/aromatic N) is 3. The van der Waals surface area contributed by atoms with E-state index >= 15 is 0 Å². The summed E-state index contributed by atoms with van der Waals surface area (Å²) in [5, 5.41) is 0. The molecule has 1 N–H and O–H groups in total. The lowest BCUT2D eigenvalue weighted by atomic mass is 10.1. The lowest BCUT2D eigenvalue weighted by molar-refractivity contribution is 0.174. The van der Waals surface area contributed by atoms with Crippen LogP contribution in [0.15, 0.2) is 29.2 Å². The molecular formula is C16H14N4O3. The van der Waals surface area contributed by atoms with Crippen molar-refractivity contribution in [3.63, 3.8) is 0 Å². The van der Waals surface area contributed by atoms with Crippen LogP contribution >= 0.6 is 0 Å². The first-order valence-corrected chi connectivity index (χ1v) is 7.63. The van der Waals surface area contributed by atoms with Gasteiger partial charge in [-0.05, 0) is 37.0 Å². The second kappa shape index (κ2) is 4.58. The molecule has 7 heteroatoms. The third-order valence-electron chi connectivity index (χ3n) is 4.29. The Bertz CT molecular complexity index is 971.